The summed E-state index contributed by atoms with van der Waals surface area (Å²) < 4.78 is 26.2. The van der Waals surface area contributed by atoms with Crippen LogP contribution in [-0.2, 0) is 9.84 Å². The minimum Gasteiger partial charge on any atom is -0.388 e. The standard InChI is InChI=1S/C24H26N4O4S/c1-5-16-13-17-14-25-23(26-18-8-10-19(11-9-18)33(31,32)15(2)3)27-21(17)28(22(16)29)20-7-6-12-24(20,4)30/h1,8-11,13-15,20,30H,6-7,12H2,2-4H3,(H,25,26,27)/t20-,24-/m1/s1. The van der Waals surface area contributed by atoms with Crippen LogP contribution in [0.25, 0.3) is 11.0 Å². The van der Waals surface area contributed by atoms with Gasteiger partial charge in [-0.2, -0.15) is 4.98 Å². The van der Waals surface area contributed by atoms with E-state index in [0.717, 1.165) is 6.42 Å². The lowest BCUT2D eigenvalue weighted by molar-refractivity contribution is 0.0266. The molecule has 1 aromatic carbocycles. The van der Waals surface area contributed by atoms with Crippen molar-refractivity contribution in [2.75, 3.05) is 5.32 Å². The molecule has 2 aromatic heterocycles. The predicted molar refractivity (Wildman–Crippen MR) is 127 cm³/mol. The highest BCUT2D eigenvalue weighted by atomic mass is 32.2. The Morgan fingerprint density at radius 3 is 2.58 bits per heavy atom. The number of hydrogen-bond acceptors (Lipinski definition) is 7. The molecule has 3 aromatic rings. The van der Waals surface area contributed by atoms with Crippen molar-refractivity contribution in [3.8, 4) is 12.3 Å². The first kappa shape index (κ1) is 23.0. The highest BCUT2D eigenvalue weighted by molar-refractivity contribution is 7.92. The first-order valence-corrected chi connectivity index (χ1v) is 12.3. The lowest BCUT2D eigenvalue weighted by Gasteiger charge is -2.28. The van der Waals surface area contributed by atoms with Crippen molar-refractivity contribution in [1.29, 1.82) is 0 Å². The molecular weight excluding hydrogens is 440 g/mol. The number of anilines is 2. The average molecular weight is 467 g/mol. The van der Waals surface area contributed by atoms with Gasteiger partial charge in [-0.15, -0.1) is 6.42 Å². The third kappa shape index (κ3) is 4.12. The molecule has 8 nitrogen and oxygen atoms in total. The van der Waals surface area contributed by atoms with Gasteiger partial charge in [0, 0.05) is 17.3 Å². The van der Waals surface area contributed by atoms with E-state index >= 15 is 0 Å². The Hall–Kier alpha value is -3.22. The third-order valence-corrected chi connectivity index (χ3v) is 8.35. The second kappa shape index (κ2) is 8.28. The van der Waals surface area contributed by atoms with Crippen LogP contribution in [0.15, 0.2) is 46.2 Å². The summed E-state index contributed by atoms with van der Waals surface area (Å²) in [7, 11) is -3.37. The lowest BCUT2D eigenvalue weighted by Crippen LogP contribution is -2.38. The Balaban J connectivity index is 1.76. The van der Waals surface area contributed by atoms with Crippen LogP contribution >= 0.6 is 0 Å². The number of terminal acetylenes is 1. The SMILES string of the molecule is C#Cc1cc2cnc(Nc3ccc(S(=O)(=O)C(C)C)cc3)nc2n([C@@H]2CCC[C@@]2(C)O)c1=O. The van der Waals surface area contributed by atoms with Gasteiger partial charge in [0.15, 0.2) is 9.84 Å². The minimum absolute atomic E-state index is 0.191. The fourth-order valence-electron chi connectivity index (χ4n) is 4.24. The van der Waals surface area contributed by atoms with Crippen LogP contribution in [0.1, 0.15) is 51.6 Å². The highest BCUT2D eigenvalue weighted by Gasteiger charge is 2.39. The van der Waals surface area contributed by atoms with E-state index in [1.165, 1.54) is 16.7 Å². The monoisotopic (exact) mass is 466 g/mol. The molecule has 2 atom stereocenters. The minimum atomic E-state index is -3.37. The Morgan fingerprint density at radius 1 is 1.30 bits per heavy atom. The van der Waals surface area contributed by atoms with E-state index in [4.69, 9.17) is 6.42 Å². The van der Waals surface area contributed by atoms with Crippen LogP contribution in [0, 0.1) is 12.3 Å². The normalized spacial score (nSPS) is 20.8. The van der Waals surface area contributed by atoms with Gasteiger partial charge in [-0.1, -0.05) is 5.92 Å². The number of nitrogens with zero attached hydrogens (tertiary/aromatic N) is 3. The van der Waals surface area contributed by atoms with Crippen LogP contribution in [-0.4, -0.2) is 38.9 Å². The van der Waals surface area contributed by atoms with E-state index in [2.05, 4.69) is 21.2 Å². The quantitative estimate of drug-likeness (QED) is 0.555. The summed E-state index contributed by atoms with van der Waals surface area (Å²) in [6.45, 7) is 4.99. The van der Waals surface area contributed by atoms with E-state index in [-0.39, 0.29) is 22.0 Å². The molecule has 2 heterocycles. The van der Waals surface area contributed by atoms with Crippen molar-refractivity contribution in [2.24, 2.45) is 0 Å². The van der Waals surface area contributed by atoms with Crippen molar-refractivity contribution < 1.29 is 13.5 Å². The first-order valence-electron chi connectivity index (χ1n) is 10.8. The second-order valence-corrected chi connectivity index (χ2v) is 11.4. The van der Waals surface area contributed by atoms with Crippen LogP contribution in [0.2, 0.25) is 0 Å². The van der Waals surface area contributed by atoms with E-state index < -0.39 is 26.7 Å². The average Bonchev–Trinajstić information content (AvgIpc) is 3.12. The second-order valence-electron chi connectivity index (χ2n) is 8.86. The zero-order chi connectivity index (χ0) is 24.0. The van der Waals surface area contributed by atoms with E-state index in [1.54, 1.807) is 45.2 Å². The molecule has 2 N–H and O–H groups in total. The molecule has 0 radical (unpaired) electrons. The van der Waals surface area contributed by atoms with Crippen LogP contribution < -0.4 is 10.9 Å². The van der Waals surface area contributed by atoms with Crippen LogP contribution in [0.4, 0.5) is 11.6 Å². The van der Waals surface area contributed by atoms with Gasteiger partial charge >= 0.3 is 0 Å². The Bertz CT molecular complexity index is 1420. The molecule has 33 heavy (non-hydrogen) atoms. The molecule has 0 spiro atoms. The molecule has 0 unspecified atom stereocenters. The van der Waals surface area contributed by atoms with E-state index in [1.807, 2.05) is 0 Å². The smallest absolute Gasteiger partial charge is 0.268 e. The third-order valence-electron chi connectivity index (χ3n) is 6.18. The van der Waals surface area contributed by atoms with Crippen molar-refractivity contribution in [3.63, 3.8) is 0 Å². The molecule has 0 saturated heterocycles. The van der Waals surface area contributed by atoms with E-state index in [0.29, 0.717) is 29.6 Å². The summed E-state index contributed by atoms with van der Waals surface area (Å²) in [5.41, 5.74) is -0.261. The molecule has 1 fully saturated rings. The molecule has 0 bridgehead atoms. The van der Waals surface area contributed by atoms with Gasteiger partial charge in [0.2, 0.25) is 5.95 Å². The summed E-state index contributed by atoms with van der Waals surface area (Å²) in [5, 5.41) is 14.0. The van der Waals surface area contributed by atoms with Crippen LogP contribution in [0.5, 0.6) is 0 Å². The number of nitrogens with one attached hydrogen (secondary N) is 1. The Labute approximate surface area is 192 Å². The lowest BCUT2D eigenvalue weighted by atomic mass is 9.99. The Kier molecular flexibility index (Phi) is 5.76. The zero-order valence-electron chi connectivity index (χ0n) is 18.7. The number of benzene rings is 1. The predicted octanol–water partition coefficient (Wildman–Crippen LogP) is 3.17. The number of sulfone groups is 1. The zero-order valence-corrected chi connectivity index (χ0v) is 19.6. The number of pyridine rings is 1. The summed E-state index contributed by atoms with van der Waals surface area (Å²) in [6, 6.07) is 7.46. The summed E-state index contributed by atoms with van der Waals surface area (Å²) >= 11 is 0. The Morgan fingerprint density at radius 2 is 2.00 bits per heavy atom. The van der Waals surface area contributed by atoms with Crippen molar-refractivity contribution in [2.45, 2.75) is 61.8 Å². The summed E-state index contributed by atoms with van der Waals surface area (Å²) in [5.74, 6) is 2.66. The summed E-state index contributed by atoms with van der Waals surface area (Å²) in [6.07, 6.45) is 9.12. The van der Waals surface area contributed by atoms with Gasteiger partial charge in [0.1, 0.15) is 5.65 Å². The maximum Gasteiger partial charge on any atom is 0.268 e. The van der Waals surface area contributed by atoms with Crippen molar-refractivity contribution >= 4 is 32.5 Å². The van der Waals surface area contributed by atoms with Gasteiger partial charge in [-0.05, 0) is 70.4 Å². The van der Waals surface area contributed by atoms with Gasteiger partial charge in [-0.25, -0.2) is 13.4 Å². The molecule has 1 aliphatic rings. The molecular formula is C24H26N4O4S. The molecule has 9 heteroatoms. The first-order chi connectivity index (χ1) is 15.5. The fraction of sp³-hybridized carbons (Fsp3) is 0.375. The highest BCUT2D eigenvalue weighted by Crippen LogP contribution is 2.39. The van der Waals surface area contributed by atoms with Crippen LogP contribution in [0.3, 0.4) is 0 Å². The molecule has 0 amide bonds. The van der Waals surface area contributed by atoms with Crippen molar-refractivity contribution in [3.05, 3.63) is 52.4 Å². The largest absolute Gasteiger partial charge is 0.388 e. The van der Waals surface area contributed by atoms with Crippen molar-refractivity contribution in [1.82, 2.24) is 14.5 Å². The fourth-order valence-corrected chi connectivity index (χ4v) is 5.30. The maximum absolute atomic E-state index is 13.1. The molecule has 1 aliphatic carbocycles. The molecule has 0 aliphatic heterocycles. The van der Waals surface area contributed by atoms with Gasteiger partial charge in [-0.3, -0.25) is 9.36 Å². The number of hydrogen-bond donors (Lipinski definition) is 2. The topological polar surface area (TPSA) is 114 Å². The van der Waals surface area contributed by atoms with Gasteiger partial charge < -0.3 is 10.4 Å². The molecule has 1 saturated carbocycles. The summed E-state index contributed by atoms with van der Waals surface area (Å²) in [4.78, 5) is 22.2. The number of aliphatic hydroxyl groups is 1. The number of aromatic nitrogens is 3. The number of fused-ring (bicyclic) bond motifs is 1. The van der Waals surface area contributed by atoms with Gasteiger partial charge in [0.25, 0.3) is 5.56 Å². The molecule has 172 valence electrons. The van der Waals surface area contributed by atoms with Gasteiger partial charge in [0.05, 0.1) is 27.4 Å². The molecule has 4 rings (SSSR count). The number of rotatable bonds is 5. The van der Waals surface area contributed by atoms with E-state index in [9.17, 15) is 18.3 Å². The maximum atomic E-state index is 13.1.